The second-order valence-corrected chi connectivity index (χ2v) is 3.49. The van der Waals surface area contributed by atoms with Gasteiger partial charge in [-0.15, -0.1) is 12.4 Å². The van der Waals surface area contributed by atoms with Crippen molar-refractivity contribution in [3.05, 3.63) is 34.3 Å². The average Bonchev–Trinajstić information content (AvgIpc) is 2.06. The van der Waals surface area contributed by atoms with Gasteiger partial charge in [-0.25, -0.2) is 0 Å². The maximum atomic E-state index is 6.04. The van der Waals surface area contributed by atoms with E-state index in [-0.39, 0.29) is 12.4 Å². The van der Waals surface area contributed by atoms with Crippen LogP contribution in [-0.4, -0.2) is 0 Å². The maximum absolute atomic E-state index is 6.04. The van der Waals surface area contributed by atoms with Crippen molar-refractivity contribution in [1.82, 2.24) is 0 Å². The molecule has 0 unspecified atom stereocenters. The standard InChI is InChI=1S/C10H11Cl.ClH/c11-10-7-3-5-8-4-1-2-6-9(8)10;/h3,5,7H,1-2,4,6H2;1H. The van der Waals surface area contributed by atoms with Crippen LogP contribution in [0.1, 0.15) is 24.0 Å². The molecule has 66 valence electrons. The number of hydrogen-bond donors (Lipinski definition) is 0. The van der Waals surface area contributed by atoms with Crippen LogP contribution in [0.3, 0.4) is 0 Å². The van der Waals surface area contributed by atoms with E-state index >= 15 is 0 Å². The highest BCUT2D eigenvalue weighted by Gasteiger charge is 2.10. The first-order valence-corrected chi connectivity index (χ1v) is 4.52. The molecule has 1 aliphatic carbocycles. The zero-order chi connectivity index (χ0) is 7.68. The van der Waals surface area contributed by atoms with Gasteiger partial charge in [0.1, 0.15) is 0 Å². The van der Waals surface area contributed by atoms with Gasteiger partial charge in [-0.1, -0.05) is 23.7 Å². The zero-order valence-electron chi connectivity index (χ0n) is 6.85. The van der Waals surface area contributed by atoms with Gasteiger partial charge in [0.15, 0.2) is 0 Å². The van der Waals surface area contributed by atoms with Gasteiger partial charge in [-0.2, -0.15) is 0 Å². The smallest absolute Gasteiger partial charge is 0.0440 e. The first-order chi connectivity index (χ1) is 5.38. The monoisotopic (exact) mass is 202 g/mol. The van der Waals surface area contributed by atoms with E-state index in [9.17, 15) is 0 Å². The lowest BCUT2D eigenvalue weighted by molar-refractivity contribution is 0.686. The molecule has 0 saturated heterocycles. The SMILES string of the molecule is Cl.Clc1cccc2c1CCCC2. The second kappa shape index (κ2) is 4.15. The molecule has 1 aromatic carbocycles. The van der Waals surface area contributed by atoms with Crippen LogP contribution in [0.4, 0.5) is 0 Å². The molecule has 0 aliphatic heterocycles. The van der Waals surface area contributed by atoms with Crippen molar-refractivity contribution in [2.24, 2.45) is 0 Å². The van der Waals surface area contributed by atoms with Crippen LogP contribution >= 0.6 is 24.0 Å². The summed E-state index contributed by atoms with van der Waals surface area (Å²) < 4.78 is 0. The van der Waals surface area contributed by atoms with Crippen molar-refractivity contribution < 1.29 is 0 Å². The predicted octanol–water partition coefficient (Wildman–Crippen LogP) is 3.64. The van der Waals surface area contributed by atoms with E-state index in [2.05, 4.69) is 6.07 Å². The van der Waals surface area contributed by atoms with Crippen LogP contribution in [-0.2, 0) is 12.8 Å². The lowest BCUT2D eigenvalue weighted by Gasteiger charge is -2.15. The van der Waals surface area contributed by atoms with Gasteiger partial charge in [0, 0.05) is 5.02 Å². The van der Waals surface area contributed by atoms with Crippen LogP contribution in [0.2, 0.25) is 5.02 Å². The fourth-order valence-electron chi connectivity index (χ4n) is 1.73. The fraction of sp³-hybridized carbons (Fsp3) is 0.400. The Morgan fingerprint density at radius 2 is 1.83 bits per heavy atom. The number of aryl methyl sites for hydroxylation is 1. The van der Waals surface area contributed by atoms with Crippen molar-refractivity contribution in [2.45, 2.75) is 25.7 Å². The third-order valence-corrected chi connectivity index (χ3v) is 2.69. The molecule has 1 aromatic rings. The minimum atomic E-state index is 0. The highest BCUT2D eigenvalue weighted by Crippen LogP contribution is 2.27. The normalized spacial score (nSPS) is 14.8. The van der Waals surface area contributed by atoms with E-state index in [1.807, 2.05) is 12.1 Å². The topological polar surface area (TPSA) is 0 Å². The Bertz CT molecular complexity index is 269. The van der Waals surface area contributed by atoms with Gasteiger partial charge >= 0.3 is 0 Å². The average molecular weight is 203 g/mol. The second-order valence-electron chi connectivity index (χ2n) is 3.08. The Hall–Kier alpha value is -0.200. The van der Waals surface area contributed by atoms with Crippen LogP contribution in [0, 0.1) is 0 Å². The molecular weight excluding hydrogens is 191 g/mol. The highest BCUT2D eigenvalue weighted by molar-refractivity contribution is 6.31. The molecule has 0 fully saturated rings. The lowest BCUT2D eigenvalue weighted by Crippen LogP contribution is -2.02. The Balaban J connectivity index is 0.000000720. The fourth-order valence-corrected chi connectivity index (χ4v) is 2.02. The van der Waals surface area contributed by atoms with Crippen LogP contribution in [0.15, 0.2) is 18.2 Å². The molecule has 2 rings (SSSR count). The minimum absolute atomic E-state index is 0. The van der Waals surface area contributed by atoms with Crippen LogP contribution in [0.25, 0.3) is 0 Å². The van der Waals surface area contributed by atoms with Crippen molar-refractivity contribution >= 4 is 24.0 Å². The molecular formula is C10H12Cl2. The number of benzene rings is 1. The third-order valence-electron chi connectivity index (χ3n) is 2.34. The van der Waals surface area contributed by atoms with E-state index in [1.54, 1.807) is 0 Å². The van der Waals surface area contributed by atoms with Gasteiger partial charge < -0.3 is 0 Å². The molecule has 0 spiro atoms. The summed E-state index contributed by atoms with van der Waals surface area (Å²) in [4.78, 5) is 0. The Morgan fingerprint density at radius 1 is 1.08 bits per heavy atom. The molecule has 0 N–H and O–H groups in total. The van der Waals surface area contributed by atoms with E-state index in [0.29, 0.717) is 0 Å². The Kier molecular flexibility index (Phi) is 3.42. The molecule has 0 amide bonds. The molecule has 0 saturated carbocycles. The summed E-state index contributed by atoms with van der Waals surface area (Å²) in [5.41, 5.74) is 2.85. The molecule has 12 heavy (non-hydrogen) atoms. The summed E-state index contributed by atoms with van der Waals surface area (Å²) in [6.45, 7) is 0. The van der Waals surface area contributed by atoms with E-state index in [0.717, 1.165) is 5.02 Å². The van der Waals surface area contributed by atoms with E-state index < -0.39 is 0 Å². The summed E-state index contributed by atoms with van der Waals surface area (Å²) in [5, 5.41) is 0.960. The van der Waals surface area contributed by atoms with E-state index in [4.69, 9.17) is 11.6 Å². The van der Waals surface area contributed by atoms with Crippen LogP contribution < -0.4 is 0 Å². The quantitative estimate of drug-likeness (QED) is 0.603. The van der Waals surface area contributed by atoms with Crippen molar-refractivity contribution in [2.75, 3.05) is 0 Å². The van der Waals surface area contributed by atoms with Crippen molar-refractivity contribution in [3.8, 4) is 0 Å². The van der Waals surface area contributed by atoms with Gasteiger partial charge in [-0.3, -0.25) is 0 Å². The number of halogens is 2. The van der Waals surface area contributed by atoms with E-state index in [1.165, 1.54) is 36.8 Å². The maximum Gasteiger partial charge on any atom is 0.0440 e. The predicted molar refractivity (Wildman–Crippen MR) is 55.3 cm³/mol. The molecule has 0 aromatic heterocycles. The number of hydrogen-bond acceptors (Lipinski definition) is 0. The molecule has 0 bridgehead atoms. The summed E-state index contributed by atoms with van der Waals surface area (Å²) in [6, 6.07) is 6.23. The Morgan fingerprint density at radius 3 is 2.58 bits per heavy atom. The Labute approximate surface area is 84.3 Å². The zero-order valence-corrected chi connectivity index (χ0v) is 8.42. The van der Waals surface area contributed by atoms with Crippen LogP contribution in [0.5, 0.6) is 0 Å². The third kappa shape index (κ3) is 1.75. The molecule has 0 heterocycles. The largest absolute Gasteiger partial charge is 0.147 e. The minimum Gasteiger partial charge on any atom is -0.147 e. The molecule has 1 aliphatic rings. The lowest BCUT2D eigenvalue weighted by atomic mass is 9.92. The van der Waals surface area contributed by atoms with Crippen molar-refractivity contribution in [3.63, 3.8) is 0 Å². The molecule has 0 atom stereocenters. The molecule has 0 radical (unpaired) electrons. The van der Waals surface area contributed by atoms with Gasteiger partial charge in [0.05, 0.1) is 0 Å². The summed E-state index contributed by atoms with van der Waals surface area (Å²) in [6.07, 6.45) is 5.02. The van der Waals surface area contributed by atoms with Gasteiger partial charge in [-0.05, 0) is 42.9 Å². The highest BCUT2D eigenvalue weighted by atomic mass is 35.5. The van der Waals surface area contributed by atoms with Gasteiger partial charge in [0.2, 0.25) is 0 Å². The number of fused-ring (bicyclic) bond motifs is 1. The van der Waals surface area contributed by atoms with Gasteiger partial charge in [0.25, 0.3) is 0 Å². The molecule has 2 heteroatoms. The van der Waals surface area contributed by atoms with Crippen molar-refractivity contribution in [1.29, 1.82) is 0 Å². The first kappa shape index (κ1) is 9.88. The summed E-state index contributed by atoms with van der Waals surface area (Å²) in [5.74, 6) is 0. The number of rotatable bonds is 0. The molecule has 0 nitrogen and oxygen atoms in total. The summed E-state index contributed by atoms with van der Waals surface area (Å²) >= 11 is 6.04. The summed E-state index contributed by atoms with van der Waals surface area (Å²) in [7, 11) is 0. The first-order valence-electron chi connectivity index (χ1n) is 4.14.